The predicted molar refractivity (Wildman–Crippen MR) is 64.7 cm³/mol. The number of ether oxygens (including phenoxy) is 1. The zero-order valence-electron chi connectivity index (χ0n) is 9.13. The van der Waals surface area contributed by atoms with Crippen LogP contribution in [0, 0.1) is 0 Å². The standard InChI is InChI=1S/C11H15ClN2O2/c1-2-5-14-11(15)7-16-10-6-8(12)3-4-9(10)13/h3-4,6H,2,5,7,13H2,1H3,(H,14,15). The SMILES string of the molecule is CCCNC(=O)COc1cc(Cl)ccc1N. The lowest BCUT2D eigenvalue weighted by atomic mass is 10.3. The zero-order chi connectivity index (χ0) is 12.0. The van der Waals surface area contributed by atoms with E-state index in [1.807, 2.05) is 6.92 Å². The van der Waals surface area contributed by atoms with Crippen molar-refractivity contribution in [3.8, 4) is 5.75 Å². The van der Waals surface area contributed by atoms with E-state index in [-0.39, 0.29) is 12.5 Å². The average Bonchev–Trinajstić information content (AvgIpc) is 2.27. The minimum Gasteiger partial charge on any atom is -0.482 e. The molecular weight excluding hydrogens is 228 g/mol. The van der Waals surface area contributed by atoms with E-state index in [4.69, 9.17) is 22.1 Å². The van der Waals surface area contributed by atoms with Crippen LogP contribution in [0.4, 0.5) is 5.69 Å². The number of nitrogen functional groups attached to an aromatic ring is 1. The summed E-state index contributed by atoms with van der Waals surface area (Å²) < 4.78 is 5.25. The summed E-state index contributed by atoms with van der Waals surface area (Å²) in [6.45, 7) is 2.58. The maximum absolute atomic E-state index is 11.3. The number of anilines is 1. The lowest BCUT2D eigenvalue weighted by Crippen LogP contribution is -2.29. The smallest absolute Gasteiger partial charge is 0.257 e. The van der Waals surface area contributed by atoms with Gasteiger partial charge in [-0.05, 0) is 18.6 Å². The molecule has 0 aliphatic heterocycles. The number of nitrogens with two attached hydrogens (primary N) is 1. The highest BCUT2D eigenvalue weighted by atomic mass is 35.5. The number of hydrogen-bond acceptors (Lipinski definition) is 3. The molecular formula is C11H15ClN2O2. The van der Waals surface area contributed by atoms with Crippen LogP contribution in [0.15, 0.2) is 18.2 Å². The molecule has 0 atom stereocenters. The van der Waals surface area contributed by atoms with E-state index in [2.05, 4.69) is 5.32 Å². The van der Waals surface area contributed by atoms with Crippen LogP contribution in [-0.4, -0.2) is 19.1 Å². The Bertz CT molecular complexity index is 369. The van der Waals surface area contributed by atoms with Gasteiger partial charge in [-0.15, -0.1) is 0 Å². The molecule has 1 rings (SSSR count). The van der Waals surface area contributed by atoms with Crippen molar-refractivity contribution in [3.05, 3.63) is 23.2 Å². The fourth-order valence-electron chi connectivity index (χ4n) is 1.09. The van der Waals surface area contributed by atoms with Gasteiger partial charge in [-0.25, -0.2) is 0 Å². The van der Waals surface area contributed by atoms with Gasteiger partial charge in [-0.2, -0.15) is 0 Å². The summed E-state index contributed by atoms with van der Waals surface area (Å²) in [5, 5.41) is 3.22. The third kappa shape index (κ3) is 3.98. The van der Waals surface area contributed by atoms with E-state index in [1.54, 1.807) is 18.2 Å². The number of nitrogens with one attached hydrogen (secondary N) is 1. The summed E-state index contributed by atoms with van der Waals surface area (Å²) in [6.07, 6.45) is 0.894. The van der Waals surface area contributed by atoms with Crippen LogP contribution in [0.3, 0.4) is 0 Å². The van der Waals surface area contributed by atoms with Gasteiger partial charge in [0.2, 0.25) is 0 Å². The molecule has 0 heterocycles. The highest BCUT2D eigenvalue weighted by Gasteiger charge is 2.05. The first-order valence-corrected chi connectivity index (χ1v) is 5.45. The molecule has 0 aliphatic rings. The normalized spacial score (nSPS) is 9.88. The van der Waals surface area contributed by atoms with Gasteiger partial charge in [0.25, 0.3) is 5.91 Å². The van der Waals surface area contributed by atoms with E-state index in [1.165, 1.54) is 0 Å². The number of carbonyl (C=O) groups excluding carboxylic acids is 1. The van der Waals surface area contributed by atoms with Gasteiger partial charge < -0.3 is 15.8 Å². The van der Waals surface area contributed by atoms with Crippen molar-refractivity contribution in [1.29, 1.82) is 0 Å². The Morgan fingerprint density at radius 3 is 3.00 bits per heavy atom. The van der Waals surface area contributed by atoms with Gasteiger partial charge in [-0.1, -0.05) is 18.5 Å². The first-order valence-electron chi connectivity index (χ1n) is 5.08. The number of amides is 1. The summed E-state index contributed by atoms with van der Waals surface area (Å²) in [7, 11) is 0. The van der Waals surface area contributed by atoms with Crippen molar-refractivity contribution in [2.45, 2.75) is 13.3 Å². The van der Waals surface area contributed by atoms with Crippen LogP contribution in [0.5, 0.6) is 5.75 Å². The lowest BCUT2D eigenvalue weighted by molar-refractivity contribution is -0.123. The fraction of sp³-hybridized carbons (Fsp3) is 0.364. The Morgan fingerprint density at radius 2 is 2.31 bits per heavy atom. The molecule has 0 aromatic heterocycles. The maximum atomic E-state index is 11.3. The molecule has 1 amide bonds. The lowest BCUT2D eigenvalue weighted by Gasteiger charge is -2.09. The van der Waals surface area contributed by atoms with Gasteiger partial charge >= 0.3 is 0 Å². The van der Waals surface area contributed by atoms with Gasteiger partial charge in [0.05, 0.1) is 5.69 Å². The molecule has 5 heteroatoms. The largest absolute Gasteiger partial charge is 0.482 e. The van der Waals surface area contributed by atoms with Crippen molar-refractivity contribution in [1.82, 2.24) is 5.32 Å². The summed E-state index contributed by atoms with van der Waals surface area (Å²) in [5.41, 5.74) is 6.13. The number of hydrogen-bond donors (Lipinski definition) is 2. The molecule has 0 spiro atoms. The van der Waals surface area contributed by atoms with Crippen molar-refractivity contribution >= 4 is 23.2 Å². The Balaban J connectivity index is 2.47. The fourth-order valence-corrected chi connectivity index (χ4v) is 1.25. The van der Waals surface area contributed by atoms with E-state index in [0.29, 0.717) is 23.0 Å². The summed E-state index contributed by atoms with van der Waals surface area (Å²) in [5.74, 6) is 0.264. The number of halogens is 1. The third-order valence-corrected chi connectivity index (χ3v) is 2.14. The molecule has 0 unspecified atom stereocenters. The number of rotatable bonds is 5. The topological polar surface area (TPSA) is 64.3 Å². The predicted octanol–water partition coefficient (Wildman–Crippen LogP) is 1.83. The molecule has 0 saturated carbocycles. The maximum Gasteiger partial charge on any atom is 0.257 e. The van der Waals surface area contributed by atoms with E-state index in [9.17, 15) is 4.79 Å². The average molecular weight is 243 g/mol. The van der Waals surface area contributed by atoms with Crippen molar-refractivity contribution in [2.24, 2.45) is 0 Å². The van der Waals surface area contributed by atoms with Crippen molar-refractivity contribution in [3.63, 3.8) is 0 Å². The minimum absolute atomic E-state index is 0.0510. The van der Waals surface area contributed by atoms with Crippen molar-refractivity contribution < 1.29 is 9.53 Å². The van der Waals surface area contributed by atoms with Gasteiger partial charge in [0.15, 0.2) is 6.61 Å². The number of carbonyl (C=O) groups is 1. The highest BCUT2D eigenvalue weighted by Crippen LogP contribution is 2.25. The Morgan fingerprint density at radius 1 is 1.56 bits per heavy atom. The molecule has 0 radical (unpaired) electrons. The Hall–Kier alpha value is -1.42. The summed E-state index contributed by atoms with van der Waals surface area (Å²) in [6, 6.07) is 4.90. The van der Waals surface area contributed by atoms with Crippen LogP contribution < -0.4 is 15.8 Å². The first kappa shape index (κ1) is 12.6. The summed E-state index contributed by atoms with van der Waals surface area (Å²) >= 11 is 5.78. The van der Waals surface area contributed by atoms with Crippen molar-refractivity contribution in [2.75, 3.05) is 18.9 Å². The molecule has 1 aromatic carbocycles. The molecule has 3 N–H and O–H groups in total. The van der Waals surface area contributed by atoms with Crippen LogP contribution in [0.2, 0.25) is 5.02 Å². The van der Waals surface area contributed by atoms with Gasteiger partial charge in [0, 0.05) is 17.6 Å². The molecule has 0 aliphatic carbocycles. The molecule has 0 bridgehead atoms. The zero-order valence-corrected chi connectivity index (χ0v) is 9.88. The Labute approximate surface area is 99.7 Å². The minimum atomic E-state index is -0.166. The highest BCUT2D eigenvalue weighted by molar-refractivity contribution is 6.30. The van der Waals surface area contributed by atoms with E-state index < -0.39 is 0 Å². The molecule has 0 fully saturated rings. The second kappa shape index (κ2) is 6.23. The first-order chi connectivity index (χ1) is 7.63. The van der Waals surface area contributed by atoms with Crippen LogP contribution in [-0.2, 0) is 4.79 Å². The van der Waals surface area contributed by atoms with E-state index >= 15 is 0 Å². The van der Waals surface area contributed by atoms with E-state index in [0.717, 1.165) is 6.42 Å². The van der Waals surface area contributed by atoms with Crippen LogP contribution >= 0.6 is 11.6 Å². The molecule has 4 nitrogen and oxygen atoms in total. The second-order valence-corrected chi connectivity index (χ2v) is 3.76. The Kier molecular flexibility index (Phi) is 4.92. The van der Waals surface area contributed by atoms with Crippen LogP contribution in [0.25, 0.3) is 0 Å². The quantitative estimate of drug-likeness (QED) is 0.775. The second-order valence-electron chi connectivity index (χ2n) is 3.32. The molecule has 0 saturated heterocycles. The van der Waals surface area contributed by atoms with Gasteiger partial charge in [-0.3, -0.25) is 4.79 Å². The number of benzene rings is 1. The molecule has 1 aromatic rings. The van der Waals surface area contributed by atoms with Crippen LogP contribution in [0.1, 0.15) is 13.3 Å². The summed E-state index contributed by atoms with van der Waals surface area (Å²) in [4.78, 5) is 11.3. The third-order valence-electron chi connectivity index (χ3n) is 1.91. The van der Waals surface area contributed by atoms with Gasteiger partial charge in [0.1, 0.15) is 5.75 Å². The monoisotopic (exact) mass is 242 g/mol. The molecule has 16 heavy (non-hydrogen) atoms. The molecule has 88 valence electrons.